The lowest BCUT2D eigenvalue weighted by molar-refractivity contribution is 0.107. The van der Waals surface area contributed by atoms with Crippen molar-refractivity contribution in [1.82, 2.24) is 0 Å². The molecule has 0 spiro atoms. The van der Waals surface area contributed by atoms with Crippen molar-refractivity contribution in [3.63, 3.8) is 0 Å². The number of nitrogens with zero attached hydrogens (tertiary/aromatic N) is 1. The van der Waals surface area contributed by atoms with E-state index in [1.165, 1.54) is 35.1 Å². The lowest BCUT2D eigenvalue weighted by atomic mass is 10.1. The Kier molecular flexibility index (Phi) is 8.43. The Morgan fingerprint density at radius 2 is 1.18 bits per heavy atom. The topological polar surface area (TPSA) is 12.5 Å². The maximum atomic E-state index is 6.80. The van der Waals surface area contributed by atoms with E-state index in [2.05, 4.69) is 138 Å². The zero-order valence-electron chi connectivity index (χ0n) is 22.3. The molecule has 0 aliphatic heterocycles. The highest BCUT2D eigenvalue weighted by molar-refractivity contribution is 6.75. The molecular formula is C31H43NOSi. The third kappa shape index (κ3) is 6.61. The van der Waals surface area contributed by atoms with Gasteiger partial charge in [0, 0.05) is 22.7 Å². The predicted molar refractivity (Wildman–Crippen MR) is 151 cm³/mol. The van der Waals surface area contributed by atoms with Crippen molar-refractivity contribution >= 4 is 25.4 Å². The molecule has 0 fully saturated rings. The number of para-hydroxylation sites is 2. The average Bonchev–Trinajstić information content (AvgIpc) is 2.80. The fourth-order valence-corrected chi connectivity index (χ4v) is 8.63. The van der Waals surface area contributed by atoms with Gasteiger partial charge in [0.1, 0.15) is 0 Å². The van der Waals surface area contributed by atoms with E-state index in [-0.39, 0.29) is 10.6 Å². The van der Waals surface area contributed by atoms with Gasteiger partial charge in [0.15, 0.2) is 8.32 Å². The zero-order chi connectivity index (χ0) is 24.8. The van der Waals surface area contributed by atoms with Crippen LogP contribution in [0.25, 0.3) is 0 Å². The van der Waals surface area contributed by atoms with E-state index in [1.807, 2.05) is 0 Å². The van der Waals surface area contributed by atoms with Crippen molar-refractivity contribution in [2.75, 3.05) is 4.90 Å². The second kappa shape index (κ2) is 10.9. The highest BCUT2D eigenvalue weighted by Gasteiger charge is 2.45. The standard InChI is InChI=1S/C31H43NOSi/c1-8-31(5,6)34(7,33-30(2,3)4)25-15-16-26-21-23-29(24-22-26)32(27-17-11-9-12-18-27)28-19-13-10-14-20-28/h9-14,17-24H,8,15-16,25H2,1-7H3. The van der Waals surface area contributed by atoms with Gasteiger partial charge in [-0.05, 0) is 93.2 Å². The number of aryl methyl sites for hydroxylation is 1. The fourth-order valence-electron chi connectivity index (χ4n) is 4.62. The van der Waals surface area contributed by atoms with E-state index < -0.39 is 8.32 Å². The molecule has 3 rings (SSSR count). The van der Waals surface area contributed by atoms with E-state index in [9.17, 15) is 0 Å². The molecule has 0 N–H and O–H groups in total. The summed E-state index contributed by atoms with van der Waals surface area (Å²) in [7, 11) is -1.89. The van der Waals surface area contributed by atoms with Gasteiger partial charge in [-0.2, -0.15) is 0 Å². The van der Waals surface area contributed by atoms with Crippen LogP contribution in [0.1, 0.15) is 59.9 Å². The maximum Gasteiger partial charge on any atom is 0.196 e. The Morgan fingerprint density at radius 3 is 1.62 bits per heavy atom. The summed E-state index contributed by atoms with van der Waals surface area (Å²) in [6.45, 7) is 16.2. The Labute approximate surface area is 209 Å². The summed E-state index contributed by atoms with van der Waals surface area (Å²) >= 11 is 0. The fraction of sp³-hybridized carbons (Fsp3) is 0.419. The molecule has 0 radical (unpaired) electrons. The van der Waals surface area contributed by atoms with Gasteiger partial charge in [-0.3, -0.25) is 0 Å². The van der Waals surface area contributed by atoms with Gasteiger partial charge in [-0.25, -0.2) is 0 Å². The molecule has 3 heteroatoms. The second-order valence-corrected chi connectivity index (χ2v) is 15.7. The van der Waals surface area contributed by atoms with Crippen LogP contribution in [0.4, 0.5) is 17.1 Å². The van der Waals surface area contributed by atoms with Crippen LogP contribution in [-0.2, 0) is 10.8 Å². The zero-order valence-corrected chi connectivity index (χ0v) is 23.3. The van der Waals surface area contributed by atoms with Crippen LogP contribution in [0.15, 0.2) is 84.9 Å². The molecule has 0 saturated carbocycles. The van der Waals surface area contributed by atoms with E-state index in [4.69, 9.17) is 4.43 Å². The molecule has 0 saturated heterocycles. The monoisotopic (exact) mass is 473 g/mol. The van der Waals surface area contributed by atoms with E-state index >= 15 is 0 Å². The van der Waals surface area contributed by atoms with Crippen molar-refractivity contribution in [3.8, 4) is 0 Å². The average molecular weight is 474 g/mol. The molecule has 182 valence electrons. The Balaban J connectivity index is 1.75. The van der Waals surface area contributed by atoms with Gasteiger partial charge in [0.25, 0.3) is 0 Å². The molecule has 0 amide bonds. The van der Waals surface area contributed by atoms with Crippen LogP contribution in [0.3, 0.4) is 0 Å². The summed E-state index contributed by atoms with van der Waals surface area (Å²) in [5, 5.41) is 0.260. The van der Waals surface area contributed by atoms with Crippen LogP contribution in [-0.4, -0.2) is 13.9 Å². The number of benzene rings is 3. The lowest BCUT2D eigenvalue weighted by Crippen LogP contribution is -2.50. The van der Waals surface area contributed by atoms with Crippen molar-refractivity contribution in [2.45, 2.75) is 84.0 Å². The Hall–Kier alpha value is -2.36. The summed E-state index contributed by atoms with van der Waals surface area (Å²) < 4.78 is 6.80. The number of hydrogen-bond acceptors (Lipinski definition) is 2. The van der Waals surface area contributed by atoms with E-state index in [1.54, 1.807) is 0 Å². The smallest absolute Gasteiger partial charge is 0.196 e. The third-order valence-corrected chi connectivity index (χ3v) is 12.8. The summed E-state index contributed by atoms with van der Waals surface area (Å²) in [5.74, 6) is 0. The molecule has 3 aromatic carbocycles. The van der Waals surface area contributed by atoms with Crippen molar-refractivity contribution in [1.29, 1.82) is 0 Å². The minimum absolute atomic E-state index is 0.0899. The second-order valence-electron chi connectivity index (χ2n) is 11.2. The van der Waals surface area contributed by atoms with Gasteiger partial charge in [-0.1, -0.05) is 75.7 Å². The van der Waals surface area contributed by atoms with Crippen LogP contribution < -0.4 is 4.90 Å². The summed E-state index contributed by atoms with van der Waals surface area (Å²) in [5.41, 5.74) is 4.83. The highest BCUT2D eigenvalue weighted by atomic mass is 28.4. The van der Waals surface area contributed by atoms with Crippen LogP contribution in [0.2, 0.25) is 17.6 Å². The molecule has 0 aromatic heterocycles. The first-order valence-corrected chi connectivity index (χ1v) is 15.4. The molecule has 1 unspecified atom stereocenters. The number of anilines is 3. The minimum Gasteiger partial charge on any atom is -0.412 e. The molecule has 0 aliphatic rings. The molecule has 0 bridgehead atoms. The molecule has 1 atom stereocenters. The van der Waals surface area contributed by atoms with Crippen molar-refractivity contribution < 1.29 is 4.43 Å². The van der Waals surface area contributed by atoms with Crippen LogP contribution in [0, 0.1) is 0 Å². The van der Waals surface area contributed by atoms with Gasteiger partial charge in [-0.15, -0.1) is 0 Å². The molecule has 0 heterocycles. The first-order valence-electron chi connectivity index (χ1n) is 12.7. The Bertz CT molecular complexity index is 969. The summed E-state index contributed by atoms with van der Waals surface area (Å²) in [6.07, 6.45) is 3.42. The van der Waals surface area contributed by atoms with E-state index in [0.29, 0.717) is 0 Å². The van der Waals surface area contributed by atoms with Gasteiger partial charge in [0.2, 0.25) is 0 Å². The maximum absolute atomic E-state index is 6.80. The van der Waals surface area contributed by atoms with Gasteiger partial charge >= 0.3 is 0 Å². The predicted octanol–water partition coefficient (Wildman–Crippen LogP) is 9.67. The molecule has 34 heavy (non-hydrogen) atoms. The largest absolute Gasteiger partial charge is 0.412 e. The molecule has 3 aromatic rings. The first-order chi connectivity index (χ1) is 16.0. The summed E-state index contributed by atoms with van der Waals surface area (Å²) in [6, 6.07) is 31.5. The van der Waals surface area contributed by atoms with Crippen LogP contribution in [0.5, 0.6) is 0 Å². The SMILES string of the molecule is CCC(C)(C)[Si](C)(CCCc1ccc(N(c2ccccc2)c2ccccc2)cc1)OC(C)(C)C. The molecular weight excluding hydrogens is 430 g/mol. The number of rotatable bonds is 10. The van der Waals surface area contributed by atoms with Gasteiger partial charge in [0.05, 0.1) is 0 Å². The first kappa shape index (κ1) is 26.2. The summed E-state index contributed by atoms with van der Waals surface area (Å²) in [4.78, 5) is 2.31. The lowest BCUT2D eigenvalue weighted by Gasteiger charge is -2.45. The quantitative estimate of drug-likeness (QED) is 0.272. The minimum atomic E-state index is -1.89. The normalized spacial score (nSPS) is 14.0. The van der Waals surface area contributed by atoms with E-state index in [0.717, 1.165) is 12.8 Å². The molecule has 2 nitrogen and oxygen atoms in total. The van der Waals surface area contributed by atoms with Crippen molar-refractivity contribution in [2.24, 2.45) is 0 Å². The number of hydrogen-bond donors (Lipinski definition) is 0. The Morgan fingerprint density at radius 1 is 0.706 bits per heavy atom. The van der Waals surface area contributed by atoms with Crippen molar-refractivity contribution in [3.05, 3.63) is 90.5 Å². The third-order valence-electron chi connectivity index (χ3n) is 7.19. The molecule has 0 aliphatic carbocycles. The van der Waals surface area contributed by atoms with Gasteiger partial charge < -0.3 is 9.33 Å². The van der Waals surface area contributed by atoms with Crippen LogP contribution >= 0.6 is 0 Å². The highest BCUT2D eigenvalue weighted by Crippen LogP contribution is 2.46.